The summed E-state index contributed by atoms with van der Waals surface area (Å²) in [7, 11) is -2.66. The van der Waals surface area contributed by atoms with Crippen molar-refractivity contribution < 1.29 is 17.6 Å². The quantitative estimate of drug-likeness (QED) is 0.848. The maximum Gasteiger partial charge on any atom is 0.283 e. The molecule has 1 unspecified atom stereocenters. The molecular weight excluding hydrogens is 319 g/mol. The van der Waals surface area contributed by atoms with Crippen LogP contribution >= 0.6 is 0 Å². The van der Waals surface area contributed by atoms with Gasteiger partial charge in [-0.3, -0.25) is 4.79 Å². The molecule has 1 aliphatic rings. The first kappa shape index (κ1) is 15.4. The number of halogens is 1. The van der Waals surface area contributed by atoms with Gasteiger partial charge in [-0.15, -0.1) is 0 Å². The van der Waals surface area contributed by atoms with Crippen LogP contribution in [0.15, 0.2) is 59.6 Å². The molecule has 0 bridgehead atoms. The van der Waals surface area contributed by atoms with Crippen LogP contribution in [0.2, 0.25) is 0 Å². The Morgan fingerprint density at radius 1 is 1.04 bits per heavy atom. The van der Waals surface area contributed by atoms with E-state index in [-0.39, 0.29) is 5.71 Å². The van der Waals surface area contributed by atoms with E-state index in [0.29, 0.717) is 15.6 Å². The van der Waals surface area contributed by atoms with Crippen LogP contribution in [0.3, 0.4) is 0 Å². The molecule has 0 saturated carbocycles. The standard InChI is InChI=1S/C16H13FN2O3S/c1-19-16(20)14(18-13-9-7-12(17)8-10-13)15(23(19,21)22)11-5-3-2-4-6-11/h2-10,15H,1H3. The lowest BCUT2D eigenvalue weighted by atomic mass is 10.1. The molecule has 0 N–H and O–H groups in total. The third-order valence-corrected chi connectivity index (χ3v) is 5.63. The van der Waals surface area contributed by atoms with E-state index in [1.807, 2.05) is 0 Å². The minimum absolute atomic E-state index is 0.0923. The molecule has 2 aromatic carbocycles. The number of hydrogen-bond donors (Lipinski definition) is 0. The lowest BCUT2D eigenvalue weighted by molar-refractivity contribution is -0.118. The Labute approximate surface area is 133 Å². The Morgan fingerprint density at radius 3 is 2.26 bits per heavy atom. The summed E-state index contributed by atoms with van der Waals surface area (Å²) in [5.74, 6) is -1.11. The molecule has 0 radical (unpaired) electrons. The molecule has 1 heterocycles. The SMILES string of the molecule is CN1C(=O)C(=Nc2ccc(F)cc2)C(c2ccccc2)S1(=O)=O. The Balaban J connectivity index is 2.16. The summed E-state index contributed by atoms with van der Waals surface area (Å²) in [6, 6.07) is 13.6. The molecule has 0 aromatic heterocycles. The number of nitrogens with zero attached hydrogens (tertiary/aromatic N) is 2. The first-order valence-corrected chi connectivity index (χ1v) is 8.33. The highest BCUT2D eigenvalue weighted by Gasteiger charge is 2.49. The molecule has 0 spiro atoms. The van der Waals surface area contributed by atoms with Crippen LogP contribution in [0.1, 0.15) is 10.8 Å². The van der Waals surface area contributed by atoms with E-state index in [0.717, 1.165) is 0 Å². The molecule has 1 fully saturated rings. The van der Waals surface area contributed by atoms with Gasteiger partial charge in [0, 0.05) is 7.05 Å². The molecule has 1 amide bonds. The maximum atomic E-state index is 13.0. The lowest BCUT2D eigenvalue weighted by Gasteiger charge is -2.11. The van der Waals surface area contributed by atoms with Crippen molar-refractivity contribution in [1.29, 1.82) is 0 Å². The van der Waals surface area contributed by atoms with Crippen LogP contribution in [-0.4, -0.2) is 31.4 Å². The molecule has 118 valence electrons. The van der Waals surface area contributed by atoms with Crippen molar-refractivity contribution in [2.24, 2.45) is 4.99 Å². The third-order valence-electron chi connectivity index (χ3n) is 3.61. The van der Waals surface area contributed by atoms with Crippen molar-refractivity contribution in [3.8, 4) is 0 Å². The van der Waals surface area contributed by atoms with Crippen LogP contribution in [0.4, 0.5) is 10.1 Å². The van der Waals surface area contributed by atoms with E-state index in [1.54, 1.807) is 30.3 Å². The zero-order valence-corrected chi connectivity index (χ0v) is 13.0. The molecule has 23 heavy (non-hydrogen) atoms. The zero-order valence-electron chi connectivity index (χ0n) is 12.2. The minimum Gasteiger partial charge on any atom is -0.267 e. The van der Waals surface area contributed by atoms with Gasteiger partial charge < -0.3 is 0 Å². The molecule has 0 aliphatic carbocycles. The minimum atomic E-state index is -3.87. The molecule has 1 atom stereocenters. The van der Waals surface area contributed by atoms with Crippen molar-refractivity contribution in [2.45, 2.75) is 5.25 Å². The van der Waals surface area contributed by atoms with E-state index in [9.17, 15) is 17.6 Å². The molecule has 5 nitrogen and oxygen atoms in total. The summed E-state index contributed by atoms with van der Waals surface area (Å²) < 4.78 is 38.7. The predicted molar refractivity (Wildman–Crippen MR) is 84.4 cm³/mol. The maximum absolute atomic E-state index is 13.0. The van der Waals surface area contributed by atoms with Crippen LogP contribution in [-0.2, 0) is 14.8 Å². The smallest absolute Gasteiger partial charge is 0.267 e. The number of sulfonamides is 1. The van der Waals surface area contributed by atoms with Crippen molar-refractivity contribution in [3.63, 3.8) is 0 Å². The van der Waals surface area contributed by atoms with Crippen LogP contribution in [0, 0.1) is 5.82 Å². The number of carbonyl (C=O) groups excluding carboxylic acids is 1. The number of amides is 1. The fourth-order valence-electron chi connectivity index (χ4n) is 2.41. The summed E-state index contributed by atoms with van der Waals surface area (Å²) in [6.07, 6.45) is 0. The molecule has 3 rings (SSSR count). The van der Waals surface area contributed by atoms with E-state index >= 15 is 0 Å². The van der Waals surface area contributed by atoms with Gasteiger partial charge in [0.05, 0.1) is 5.69 Å². The van der Waals surface area contributed by atoms with Crippen molar-refractivity contribution in [1.82, 2.24) is 4.31 Å². The lowest BCUT2D eigenvalue weighted by Crippen LogP contribution is -2.26. The fraction of sp³-hybridized carbons (Fsp3) is 0.125. The van der Waals surface area contributed by atoms with E-state index in [1.165, 1.54) is 31.3 Å². The number of aliphatic imine (C=N–C) groups is 1. The average Bonchev–Trinajstić information content (AvgIpc) is 2.71. The fourth-order valence-corrected chi connectivity index (χ4v) is 3.98. The largest absolute Gasteiger partial charge is 0.283 e. The highest BCUT2D eigenvalue weighted by Crippen LogP contribution is 2.34. The third kappa shape index (κ3) is 2.63. The molecule has 7 heteroatoms. The Kier molecular flexibility index (Phi) is 3.73. The highest BCUT2D eigenvalue weighted by molar-refractivity contribution is 7.91. The second-order valence-corrected chi connectivity index (χ2v) is 7.13. The topological polar surface area (TPSA) is 66.8 Å². The van der Waals surface area contributed by atoms with Crippen LogP contribution < -0.4 is 0 Å². The number of rotatable bonds is 2. The number of carbonyl (C=O) groups is 1. The monoisotopic (exact) mass is 332 g/mol. The van der Waals surface area contributed by atoms with Gasteiger partial charge in [-0.2, -0.15) is 0 Å². The first-order chi connectivity index (χ1) is 10.9. The predicted octanol–water partition coefficient (Wildman–Crippen LogP) is 2.44. The summed E-state index contributed by atoms with van der Waals surface area (Å²) in [5.41, 5.74) is 0.692. The van der Waals surface area contributed by atoms with Gasteiger partial charge in [0.25, 0.3) is 5.91 Å². The summed E-state index contributed by atoms with van der Waals surface area (Å²) in [4.78, 5) is 16.5. The van der Waals surface area contributed by atoms with Crippen LogP contribution in [0.25, 0.3) is 0 Å². The molecule has 1 aliphatic heterocycles. The van der Waals surface area contributed by atoms with Crippen LogP contribution in [0.5, 0.6) is 0 Å². The molecule has 2 aromatic rings. The summed E-state index contributed by atoms with van der Waals surface area (Å²) in [5, 5.41) is -1.16. The number of hydrogen-bond acceptors (Lipinski definition) is 4. The Morgan fingerprint density at radius 2 is 1.65 bits per heavy atom. The van der Waals surface area contributed by atoms with Crippen molar-refractivity contribution in [2.75, 3.05) is 7.05 Å². The van der Waals surface area contributed by atoms with E-state index in [4.69, 9.17) is 0 Å². The second-order valence-electron chi connectivity index (χ2n) is 5.08. The van der Waals surface area contributed by atoms with Gasteiger partial charge in [-0.05, 0) is 29.8 Å². The van der Waals surface area contributed by atoms with Gasteiger partial charge in [-0.25, -0.2) is 22.1 Å². The molecular formula is C16H13FN2O3S. The molecule has 1 saturated heterocycles. The second kappa shape index (κ2) is 5.58. The van der Waals surface area contributed by atoms with Crippen molar-refractivity contribution in [3.05, 3.63) is 66.0 Å². The number of benzene rings is 2. The van der Waals surface area contributed by atoms with Gasteiger partial charge in [-0.1, -0.05) is 30.3 Å². The normalized spacial score (nSPS) is 21.8. The van der Waals surface area contributed by atoms with E-state index in [2.05, 4.69) is 4.99 Å². The van der Waals surface area contributed by atoms with Gasteiger partial charge in [0.1, 0.15) is 11.5 Å². The average molecular weight is 332 g/mol. The summed E-state index contributed by atoms with van der Waals surface area (Å²) in [6.45, 7) is 0. The Bertz CT molecular complexity index is 877. The Hall–Kier alpha value is -2.54. The van der Waals surface area contributed by atoms with Crippen molar-refractivity contribution >= 4 is 27.3 Å². The summed E-state index contributed by atoms with van der Waals surface area (Å²) >= 11 is 0. The van der Waals surface area contributed by atoms with Gasteiger partial charge in [0.2, 0.25) is 10.0 Å². The van der Waals surface area contributed by atoms with E-state index < -0.39 is 27.0 Å². The highest BCUT2D eigenvalue weighted by atomic mass is 32.2. The first-order valence-electron chi connectivity index (χ1n) is 6.82. The zero-order chi connectivity index (χ0) is 16.6. The van der Waals surface area contributed by atoms with Gasteiger partial charge in [0.15, 0.2) is 5.25 Å². The van der Waals surface area contributed by atoms with Gasteiger partial charge >= 0.3 is 0 Å².